The molecule has 0 spiro atoms. The minimum Gasteiger partial charge on any atom is -0.496 e. The Hall–Kier alpha value is -2.67. The molecule has 2 aromatic heterocycles. The maximum Gasteiger partial charge on any atom is 0.254 e. The second-order valence-corrected chi connectivity index (χ2v) is 7.73. The lowest BCUT2D eigenvalue weighted by Gasteiger charge is -2.36. The number of fused-ring (bicyclic) bond motifs is 1. The Morgan fingerprint density at radius 3 is 2.64 bits per heavy atom. The third kappa shape index (κ3) is 3.54. The molecular formula is C21H21BrN4O2. The molecule has 3 heterocycles. The number of methoxy groups -OCH3 is 1. The predicted octanol–water partition coefficient (Wildman–Crippen LogP) is 3.67. The van der Waals surface area contributed by atoms with Gasteiger partial charge >= 0.3 is 0 Å². The van der Waals surface area contributed by atoms with Crippen LogP contribution in [0.3, 0.4) is 0 Å². The van der Waals surface area contributed by atoms with Crippen LogP contribution in [0.5, 0.6) is 5.75 Å². The molecule has 28 heavy (non-hydrogen) atoms. The molecule has 0 bridgehead atoms. The summed E-state index contributed by atoms with van der Waals surface area (Å²) < 4.78 is 6.26. The number of carbonyl (C=O) groups is 1. The topological polar surface area (TPSA) is 58.6 Å². The lowest BCUT2D eigenvalue weighted by atomic mass is 10.1. The fourth-order valence-corrected chi connectivity index (χ4v) is 3.85. The molecule has 0 unspecified atom stereocenters. The van der Waals surface area contributed by atoms with Crippen molar-refractivity contribution in [3.63, 3.8) is 0 Å². The first kappa shape index (κ1) is 18.7. The van der Waals surface area contributed by atoms with Crippen LogP contribution in [-0.4, -0.2) is 54.1 Å². The molecule has 1 aromatic carbocycles. The summed E-state index contributed by atoms with van der Waals surface area (Å²) in [6, 6.07) is 9.57. The van der Waals surface area contributed by atoms with Gasteiger partial charge in [-0.05, 0) is 52.7 Å². The van der Waals surface area contributed by atoms with Gasteiger partial charge in [0.05, 0.1) is 18.3 Å². The van der Waals surface area contributed by atoms with Crippen LogP contribution in [0.1, 0.15) is 15.9 Å². The maximum atomic E-state index is 12.9. The third-order valence-corrected chi connectivity index (χ3v) is 5.52. The summed E-state index contributed by atoms with van der Waals surface area (Å²) in [7, 11) is 1.63. The van der Waals surface area contributed by atoms with E-state index in [1.807, 2.05) is 48.4 Å². The van der Waals surface area contributed by atoms with E-state index in [1.165, 1.54) is 0 Å². The lowest BCUT2D eigenvalue weighted by Crippen LogP contribution is -2.48. The van der Waals surface area contributed by atoms with Crippen LogP contribution in [0, 0.1) is 6.92 Å². The van der Waals surface area contributed by atoms with E-state index in [-0.39, 0.29) is 5.91 Å². The molecule has 3 aromatic rings. The Balaban J connectivity index is 1.50. The van der Waals surface area contributed by atoms with Crippen LogP contribution in [0.25, 0.3) is 11.0 Å². The summed E-state index contributed by atoms with van der Waals surface area (Å²) in [5.41, 5.74) is 4.48. The minimum absolute atomic E-state index is 0.0413. The molecule has 144 valence electrons. The highest BCUT2D eigenvalue weighted by molar-refractivity contribution is 9.10. The van der Waals surface area contributed by atoms with Crippen molar-refractivity contribution in [1.29, 1.82) is 0 Å². The Bertz CT molecular complexity index is 1030. The van der Waals surface area contributed by atoms with Crippen molar-refractivity contribution in [2.45, 2.75) is 6.92 Å². The molecule has 4 rings (SSSR count). The maximum absolute atomic E-state index is 12.9. The minimum atomic E-state index is 0.0413. The molecular weight excluding hydrogens is 420 g/mol. The van der Waals surface area contributed by atoms with E-state index in [0.717, 1.165) is 45.6 Å². The zero-order valence-corrected chi connectivity index (χ0v) is 17.4. The molecule has 6 nitrogen and oxygen atoms in total. The number of benzene rings is 1. The van der Waals surface area contributed by atoms with Gasteiger partial charge in [-0.2, -0.15) is 0 Å². The van der Waals surface area contributed by atoms with Crippen molar-refractivity contribution in [1.82, 2.24) is 14.9 Å². The number of ether oxygens (including phenoxy) is 1. The van der Waals surface area contributed by atoms with Gasteiger partial charge < -0.3 is 14.5 Å². The second kappa shape index (κ2) is 7.75. The normalized spacial score (nSPS) is 14.4. The fraction of sp³-hybridized carbons (Fsp3) is 0.286. The summed E-state index contributed by atoms with van der Waals surface area (Å²) in [6.07, 6.45) is 3.60. The quantitative estimate of drug-likeness (QED) is 0.621. The summed E-state index contributed by atoms with van der Waals surface area (Å²) >= 11 is 3.44. The number of amides is 1. The van der Waals surface area contributed by atoms with Crippen LogP contribution in [0.15, 0.2) is 47.2 Å². The fourth-order valence-electron chi connectivity index (χ4n) is 3.53. The van der Waals surface area contributed by atoms with Gasteiger partial charge in [-0.1, -0.05) is 6.07 Å². The number of hydrogen-bond donors (Lipinski definition) is 0. The Morgan fingerprint density at radius 1 is 1.11 bits per heavy atom. The number of aromatic nitrogens is 2. The van der Waals surface area contributed by atoms with Crippen molar-refractivity contribution >= 4 is 38.6 Å². The van der Waals surface area contributed by atoms with Crippen LogP contribution in [0.4, 0.5) is 5.69 Å². The molecule has 1 saturated heterocycles. The smallest absolute Gasteiger partial charge is 0.254 e. The Kier molecular flexibility index (Phi) is 5.17. The molecule has 1 aliphatic rings. The largest absolute Gasteiger partial charge is 0.496 e. The van der Waals surface area contributed by atoms with Crippen molar-refractivity contribution < 1.29 is 9.53 Å². The molecule has 1 fully saturated rings. The van der Waals surface area contributed by atoms with Gasteiger partial charge in [0.1, 0.15) is 11.3 Å². The number of nitrogens with zero attached hydrogens (tertiary/aromatic N) is 4. The molecule has 0 atom stereocenters. The molecule has 1 aliphatic heterocycles. The highest BCUT2D eigenvalue weighted by atomic mass is 79.9. The molecule has 0 saturated carbocycles. The number of halogens is 1. The van der Waals surface area contributed by atoms with E-state index in [0.29, 0.717) is 18.7 Å². The number of carbonyl (C=O) groups excluding carboxylic acids is 1. The average Bonchev–Trinajstić information content (AvgIpc) is 2.73. The van der Waals surface area contributed by atoms with Gasteiger partial charge in [0.25, 0.3) is 5.91 Å². The monoisotopic (exact) mass is 440 g/mol. The van der Waals surface area contributed by atoms with E-state index in [4.69, 9.17) is 4.74 Å². The van der Waals surface area contributed by atoms with E-state index in [9.17, 15) is 4.79 Å². The second-order valence-electron chi connectivity index (χ2n) is 6.81. The van der Waals surface area contributed by atoms with E-state index in [2.05, 4.69) is 30.8 Å². The van der Waals surface area contributed by atoms with Crippen molar-refractivity contribution in [2.24, 2.45) is 0 Å². The number of hydrogen-bond acceptors (Lipinski definition) is 5. The molecule has 0 aliphatic carbocycles. The number of rotatable bonds is 3. The molecule has 0 N–H and O–H groups in total. The summed E-state index contributed by atoms with van der Waals surface area (Å²) in [5.74, 6) is 0.782. The first-order valence-corrected chi connectivity index (χ1v) is 9.95. The number of anilines is 1. The Labute approximate surface area is 172 Å². The van der Waals surface area contributed by atoms with Crippen LogP contribution in [0.2, 0.25) is 0 Å². The van der Waals surface area contributed by atoms with Crippen molar-refractivity contribution in [3.05, 3.63) is 58.3 Å². The average molecular weight is 441 g/mol. The van der Waals surface area contributed by atoms with Gasteiger partial charge in [0, 0.05) is 48.6 Å². The van der Waals surface area contributed by atoms with Gasteiger partial charge in [-0.3, -0.25) is 14.8 Å². The van der Waals surface area contributed by atoms with Crippen LogP contribution in [-0.2, 0) is 0 Å². The first-order chi connectivity index (χ1) is 13.6. The van der Waals surface area contributed by atoms with Gasteiger partial charge in [-0.25, -0.2) is 0 Å². The summed E-state index contributed by atoms with van der Waals surface area (Å²) in [5, 5.41) is 0. The standard InChI is InChI=1S/C21H21BrN4O2/c1-14-3-4-15(11-19(14)28-2)21(27)26-9-7-25(8-10-26)18-5-6-23-17-12-16(22)13-24-20(17)18/h3-6,11-13H,7-10H2,1-2H3. The Morgan fingerprint density at radius 2 is 1.89 bits per heavy atom. The van der Waals surface area contributed by atoms with Crippen molar-refractivity contribution in [3.8, 4) is 5.75 Å². The number of piperazine rings is 1. The number of aryl methyl sites for hydroxylation is 1. The molecule has 7 heteroatoms. The SMILES string of the molecule is COc1cc(C(=O)N2CCN(c3ccnc4cc(Br)cnc34)CC2)ccc1C. The summed E-state index contributed by atoms with van der Waals surface area (Å²) in [6.45, 7) is 4.80. The van der Waals surface area contributed by atoms with Gasteiger partial charge in [-0.15, -0.1) is 0 Å². The zero-order chi connectivity index (χ0) is 19.7. The predicted molar refractivity (Wildman–Crippen MR) is 113 cm³/mol. The number of pyridine rings is 2. The van der Waals surface area contributed by atoms with E-state index < -0.39 is 0 Å². The lowest BCUT2D eigenvalue weighted by molar-refractivity contribution is 0.0746. The van der Waals surface area contributed by atoms with Crippen LogP contribution >= 0.6 is 15.9 Å². The highest BCUT2D eigenvalue weighted by Gasteiger charge is 2.24. The highest BCUT2D eigenvalue weighted by Crippen LogP contribution is 2.27. The van der Waals surface area contributed by atoms with Crippen molar-refractivity contribution in [2.75, 3.05) is 38.2 Å². The van der Waals surface area contributed by atoms with Crippen LogP contribution < -0.4 is 9.64 Å². The third-order valence-electron chi connectivity index (χ3n) is 5.09. The van der Waals surface area contributed by atoms with Gasteiger partial charge in [0.15, 0.2) is 0 Å². The zero-order valence-electron chi connectivity index (χ0n) is 15.9. The first-order valence-electron chi connectivity index (χ1n) is 9.16. The van der Waals surface area contributed by atoms with E-state index in [1.54, 1.807) is 13.3 Å². The molecule has 1 amide bonds. The summed E-state index contributed by atoms with van der Waals surface area (Å²) in [4.78, 5) is 26.0. The van der Waals surface area contributed by atoms with Gasteiger partial charge in [0.2, 0.25) is 0 Å². The van der Waals surface area contributed by atoms with E-state index >= 15 is 0 Å². The molecule has 0 radical (unpaired) electrons.